The van der Waals surface area contributed by atoms with Crippen LogP contribution in [0.1, 0.15) is 44.2 Å². The highest BCUT2D eigenvalue weighted by atomic mass is 79.9. The highest BCUT2D eigenvalue weighted by molar-refractivity contribution is 9.11. The third kappa shape index (κ3) is 3.32. The van der Waals surface area contributed by atoms with Crippen LogP contribution in [0.3, 0.4) is 0 Å². The second-order valence-electron chi connectivity index (χ2n) is 5.21. The maximum atomic E-state index is 4.87. The quantitative estimate of drug-likeness (QED) is 0.663. The lowest BCUT2D eigenvalue weighted by Gasteiger charge is -2.15. The van der Waals surface area contributed by atoms with E-state index in [0.29, 0.717) is 5.92 Å². The molecule has 1 saturated carbocycles. The van der Waals surface area contributed by atoms with Crippen molar-refractivity contribution in [3.63, 3.8) is 0 Å². The van der Waals surface area contributed by atoms with Gasteiger partial charge in [0, 0.05) is 12.5 Å². The molecule has 0 radical (unpaired) electrons. The first-order valence-corrected chi connectivity index (χ1v) is 9.66. The number of nitrogens with zero attached hydrogens (tertiary/aromatic N) is 2. The fraction of sp³-hybridized carbons (Fsp3) is 0.467. The van der Waals surface area contributed by atoms with Gasteiger partial charge in [-0.2, -0.15) is 0 Å². The van der Waals surface area contributed by atoms with Gasteiger partial charge in [-0.1, -0.05) is 12.8 Å². The Morgan fingerprint density at radius 2 is 2.00 bits per heavy atom. The molecule has 2 aromatic heterocycles. The van der Waals surface area contributed by atoms with E-state index >= 15 is 0 Å². The normalized spacial score (nSPS) is 15.6. The summed E-state index contributed by atoms with van der Waals surface area (Å²) in [4.78, 5) is 10.7. The lowest BCUT2D eigenvalue weighted by Crippen LogP contribution is -2.08. The summed E-state index contributed by atoms with van der Waals surface area (Å²) in [6.07, 6.45) is 5.07. The van der Waals surface area contributed by atoms with Crippen molar-refractivity contribution in [1.29, 1.82) is 0 Å². The second-order valence-corrected chi connectivity index (χ2v) is 8.47. The summed E-state index contributed by atoms with van der Waals surface area (Å²) in [6.45, 7) is 2.94. The monoisotopic (exact) mass is 429 g/mol. The first kappa shape index (κ1) is 15.4. The Hall–Kier alpha value is -0.460. The molecule has 0 unspecified atom stereocenters. The van der Waals surface area contributed by atoms with E-state index in [1.54, 1.807) is 11.3 Å². The summed E-state index contributed by atoms with van der Waals surface area (Å²) >= 11 is 8.90. The van der Waals surface area contributed by atoms with Crippen molar-refractivity contribution in [1.82, 2.24) is 9.97 Å². The molecule has 1 N–H and O–H groups in total. The van der Waals surface area contributed by atoms with Crippen molar-refractivity contribution >= 4 is 49.0 Å². The molecule has 0 bridgehead atoms. The van der Waals surface area contributed by atoms with E-state index in [0.717, 1.165) is 37.0 Å². The van der Waals surface area contributed by atoms with E-state index in [2.05, 4.69) is 50.2 Å². The molecule has 112 valence electrons. The van der Waals surface area contributed by atoms with E-state index < -0.39 is 0 Å². The molecule has 0 aliphatic heterocycles. The molecule has 6 heteroatoms. The second kappa shape index (κ2) is 6.75. The molecule has 1 aliphatic rings. The van der Waals surface area contributed by atoms with Crippen LogP contribution in [0, 0.1) is 0 Å². The minimum absolute atomic E-state index is 0.557. The molecule has 0 amide bonds. The predicted molar refractivity (Wildman–Crippen MR) is 96.1 cm³/mol. The van der Waals surface area contributed by atoms with Crippen LogP contribution in [-0.2, 0) is 0 Å². The SMILES string of the molecule is CCNc1nc(-c2ccc(Br)s2)nc(C2CCCC2)c1Br. The number of anilines is 1. The first-order valence-electron chi connectivity index (χ1n) is 7.26. The smallest absolute Gasteiger partial charge is 0.171 e. The number of thiophene rings is 1. The molecule has 0 aromatic carbocycles. The Bertz CT molecular complexity index is 636. The van der Waals surface area contributed by atoms with E-state index in [1.165, 1.54) is 25.7 Å². The third-order valence-electron chi connectivity index (χ3n) is 3.76. The molecular weight excluding hydrogens is 414 g/mol. The fourth-order valence-electron chi connectivity index (χ4n) is 2.76. The molecular formula is C15H17Br2N3S. The number of aromatic nitrogens is 2. The molecule has 0 atom stereocenters. The molecule has 3 nitrogen and oxygen atoms in total. The molecule has 2 aromatic rings. The molecule has 21 heavy (non-hydrogen) atoms. The van der Waals surface area contributed by atoms with Crippen molar-refractivity contribution in [3.05, 3.63) is 26.1 Å². The summed E-state index contributed by atoms with van der Waals surface area (Å²) in [5.41, 5.74) is 1.16. The molecule has 3 rings (SSSR count). The number of halogens is 2. The van der Waals surface area contributed by atoms with Crippen molar-refractivity contribution in [3.8, 4) is 10.7 Å². The van der Waals surface area contributed by atoms with E-state index in [-0.39, 0.29) is 0 Å². The topological polar surface area (TPSA) is 37.8 Å². The average Bonchev–Trinajstić information content (AvgIpc) is 3.12. The predicted octanol–water partition coefficient (Wildman–Crippen LogP) is 5.82. The van der Waals surface area contributed by atoms with Gasteiger partial charge in [0.15, 0.2) is 5.82 Å². The van der Waals surface area contributed by atoms with Gasteiger partial charge in [-0.3, -0.25) is 0 Å². The number of hydrogen-bond donors (Lipinski definition) is 1. The van der Waals surface area contributed by atoms with Crippen LogP contribution in [-0.4, -0.2) is 16.5 Å². The summed E-state index contributed by atoms with van der Waals surface area (Å²) in [5.74, 6) is 2.29. The fourth-order valence-corrected chi connectivity index (χ4v) is 4.72. The highest BCUT2D eigenvalue weighted by Crippen LogP contribution is 2.40. The maximum absolute atomic E-state index is 4.87. The van der Waals surface area contributed by atoms with Crippen LogP contribution in [0.2, 0.25) is 0 Å². The Labute approximate surface area is 145 Å². The standard InChI is InChI=1S/C15H17Br2N3S/c1-2-18-15-12(17)13(9-5-3-4-6-9)19-14(20-15)10-7-8-11(16)21-10/h7-9H,2-6H2,1H3,(H,18,19,20). The van der Waals surface area contributed by atoms with Crippen molar-refractivity contribution in [2.45, 2.75) is 38.5 Å². The lowest BCUT2D eigenvalue weighted by atomic mass is 10.0. The van der Waals surface area contributed by atoms with Crippen LogP contribution in [0.25, 0.3) is 10.7 Å². The van der Waals surface area contributed by atoms with Crippen molar-refractivity contribution < 1.29 is 0 Å². The van der Waals surface area contributed by atoms with Gasteiger partial charge in [-0.15, -0.1) is 11.3 Å². The Morgan fingerprint density at radius 3 is 2.62 bits per heavy atom. The van der Waals surface area contributed by atoms with Crippen LogP contribution in [0.4, 0.5) is 5.82 Å². The minimum atomic E-state index is 0.557. The van der Waals surface area contributed by atoms with Gasteiger partial charge < -0.3 is 5.32 Å². The van der Waals surface area contributed by atoms with Crippen LogP contribution in [0.5, 0.6) is 0 Å². The summed E-state index contributed by atoms with van der Waals surface area (Å²) < 4.78 is 2.15. The van der Waals surface area contributed by atoms with Gasteiger partial charge >= 0.3 is 0 Å². The van der Waals surface area contributed by atoms with Gasteiger partial charge in [0.2, 0.25) is 0 Å². The lowest BCUT2D eigenvalue weighted by molar-refractivity contribution is 0.691. The molecule has 1 fully saturated rings. The molecule has 1 aliphatic carbocycles. The van der Waals surface area contributed by atoms with Gasteiger partial charge in [-0.25, -0.2) is 9.97 Å². The van der Waals surface area contributed by atoms with E-state index in [9.17, 15) is 0 Å². The summed E-state index contributed by atoms with van der Waals surface area (Å²) in [7, 11) is 0. The van der Waals surface area contributed by atoms with Gasteiger partial charge in [-0.05, 0) is 63.8 Å². The first-order chi connectivity index (χ1) is 10.2. The molecule has 2 heterocycles. The maximum Gasteiger partial charge on any atom is 0.171 e. The zero-order valence-corrected chi connectivity index (χ0v) is 15.8. The zero-order valence-electron chi connectivity index (χ0n) is 11.8. The minimum Gasteiger partial charge on any atom is -0.369 e. The third-order valence-corrected chi connectivity index (χ3v) is 6.16. The zero-order chi connectivity index (χ0) is 14.8. The van der Waals surface area contributed by atoms with E-state index in [4.69, 9.17) is 9.97 Å². The van der Waals surface area contributed by atoms with Crippen LogP contribution < -0.4 is 5.32 Å². The van der Waals surface area contributed by atoms with Crippen molar-refractivity contribution in [2.75, 3.05) is 11.9 Å². The summed E-state index contributed by atoms with van der Waals surface area (Å²) in [5, 5.41) is 3.35. The van der Waals surface area contributed by atoms with Crippen molar-refractivity contribution in [2.24, 2.45) is 0 Å². The van der Waals surface area contributed by atoms with Gasteiger partial charge in [0.1, 0.15) is 5.82 Å². The Kier molecular flexibility index (Phi) is 4.96. The molecule has 0 saturated heterocycles. The molecule has 0 spiro atoms. The van der Waals surface area contributed by atoms with Crippen LogP contribution >= 0.6 is 43.2 Å². The summed E-state index contributed by atoms with van der Waals surface area (Å²) in [6, 6.07) is 4.12. The van der Waals surface area contributed by atoms with Crippen LogP contribution in [0.15, 0.2) is 20.4 Å². The average molecular weight is 431 g/mol. The van der Waals surface area contributed by atoms with Gasteiger partial charge in [0.25, 0.3) is 0 Å². The largest absolute Gasteiger partial charge is 0.369 e. The van der Waals surface area contributed by atoms with E-state index in [1.807, 2.05) is 6.07 Å². The highest BCUT2D eigenvalue weighted by Gasteiger charge is 2.24. The van der Waals surface area contributed by atoms with Gasteiger partial charge in [0.05, 0.1) is 18.8 Å². The Morgan fingerprint density at radius 1 is 1.24 bits per heavy atom. The Balaban J connectivity index is 2.07. The number of rotatable bonds is 4. The number of nitrogens with one attached hydrogen (secondary N) is 1. The number of hydrogen-bond acceptors (Lipinski definition) is 4.